The van der Waals surface area contributed by atoms with Crippen LogP contribution >= 0.6 is 0 Å². The Balaban J connectivity index is 1.10. The molecule has 0 aliphatic carbocycles. The summed E-state index contributed by atoms with van der Waals surface area (Å²) in [5.74, 6) is 0. The van der Waals surface area contributed by atoms with E-state index in [9.17, 15) is 0 Å². The largest absolute Gasteiger partial charge is 0.310 e. The van der Waals surface area contributed by atoms with Crippen LogP contribution in [0.4, 0.5) is 34.1 Å². The van der Waals surface area contributed by atoms with Crippen LogP contribution in [0.5, 0.6) is 0 Å². The fourth-order valence-corrected chi connectivity index (χ4v) is 11.9. The lowest BCUT2D eigenvalue weighted by atomic mass is 9.73. The Morgan fingerprint density at radius 3 is 1.15 bits per heavy atom. The highest BCUT2D eigenvalue weighted by atomic mass is 15.2. The van der Waals surface area contributed by atoms with E-state index < -0.39 is 0 Å². The van der Waals surface area contributed by atoms with Crippen LogP contribution in [0, 0.1) is 0 Å². The van der Waals surface area contributed by atoms with Gasteiger partial charge in [0.05, 0.1) is 22.7 Å². The van der Waals surface area contributed by atoms with Gasteiger partial charge in [-0.15, -0.1) is 0 Å². The molecule has 2 aliphatic heterocycles. The van der Waals surface area contributed by atoms with Crippen molar-refractivity contribution in [3.63, 3.8) is 0 Å². The number of nitrogens with zero attached hydrogens (tertiary/aromatic N) is 2. The first kappa shape index (κ1) is 40.1. The molecule has 11 aromatic carbocycles. The average Bonchev–Trinajstić information content (AvgIpc) is 3.38. The van der Waals surface area contributed by atoms with Gasteiger partial charge in [0.1, 0.15) is 0 Å². The van der Waals surface area contributed by atoms with E-state index in [1.54, 1.807) is 0 Å². The van der Waals surface area contributed by atoms with Gasteiger partial charge >= 0.3 is 0 Å². The minimum atomic E-state index is -0.156. The summed E-state index contributed by atoms with van der Waals surface area (Å²) >= 11 is 0. The number of para-hydroxylation sites is 4. The molecule has 2 aliphatic rings. The molecule has 2 heterocycles. The van der Waals surface area contributed by atoms with Crippen LogP contribution < -0.4 is 9.80 Å². The van der Waals surface area contributed by atoms with E-state index in [1.807, 2.05) is 0 Å². The van der Waals surface area contributed by atoms with Crippen molar-refractivity contribution in [2.24, 2.45) is 0 Å². The minimum Gasteiger partial charge on any atom is -0.310 e. The van der Waals surface area contributed by atoms with Crippen LogP contribution in [0.3, 0.4) is 0 Å². The van der Waals surface area contributed by atoms with Gasteiger partial charge in [0, 0.05) is 22.2 Å². The molecule has 0 bridgehead atoms. The topological polar surface area (TPSA) is 6.48 Å². The summed E-state index contributed by atoms with van der Waals surface area (Å²) in [5.41, 5.74) is 19.4. The quantitative estimate of drug-likeness (QED) is 0.159. The second-order valence-corrected chi connectivity index (χ2v) is 19.7. The molecule has 0 radical (unpaired) electrons. The summed E-state index contributed by atoms with van der Waals surface area (Å²) in [4.78, 5) is 4.98. The molecule has 0 atom stereocenters. The van der Waals surface area contributed by atoms with Crippen LogP contribution in [0.1, 0.15) is 49.9 Å². The number of hydrogen-bond acceptors (Lipinski definition) is 2. The maximum atomic E-state index is 2.49. The molecule has 2 nitrogen and oxygen atoms in total. The van der Waals surface area contributed by atoms with Gasteiger partial charge in [-0.25, -0.2) is 0 Å². The van der Waals surface area contributed by atoms with Crippen LogP contribution in [-0.2, 0) is 10.8 Å². The Morgan fingerprint density at radius 2 is 0.662 bits per heavy atom. The van der Waals surface area contributed by atoms with Crippen molar-refractivity contribution in [3.8, 4) is 33.4 Å². The molecule has 0 fully saturated rings. The zero-order valence-electron chi connectivity index (χ0n) is 38.8. The minimum absolute atomic E-state index is 0.153. The van der Waals surface area contributed by atoms with Gasteiger partial charge in [0.15, 0.2) is 0 Å². The maximum absolute atomic E-state index is 2.49. The number of anilines is 6. The Bertz CT molecular complexity index is 3700. The van der Waals surface area contributed by atoms with Gasteiger partial charge in [-0.3, -0.25) is 0 Å². The third-order valence-electron chi connectivity index (χ3n) is 15.2. The molecule has 0 N–H and O–H groups in total. The normalized spacial score (nSPS) is 14.4. The first-order valence-electron chi connectivity index (χ1n) is 23.9. The lowest BCUT2D eigenvalue weighted by Gasteiger charge is -2.42. The molecule has 11 aromatic rings. The van der Waals surface area contributed by atoms with Crippen molar-refractivity contribution < 1.29 is 0 Å². The molecule has 0 saturated heterocycles. The van der Waals surface area contributed by atoms with Crippen LogP contribution in [0.25, 0.3) is 65.7 Å². The first-order valence-corrected chi connectivity index (χ1v) is 23.9. The third kappa shape index (κ3) is 5.97. The van der Waals surface area contributed by atoms with Crippen molar-refractivity contribution in [2.45, 2.75) is 38.5 Å². The molecular weight excluding hydrogens is 821 g/mol. The summed E-state index contributed by atoms with van der Waals surface area (Å²) in [7, 11) is 0. The Morgan fingerprint density at radius 1 is 0.279 bits per heavy atom. The number of fused-ring (bicyclic) bond motifs is 7. The number of rotatable bonds is 5. The Hall–Kier alpha value is -8.20. The average molecular weight is 871 g/mol. The Labute approximate surface area is 399 Å². The second-order valence-electron chi connectivity index (χ2n) is 19.7. The lowest BCUT2D eigenvalue weighted by Crippen LogP contribution is -2.30. The van der Waals surface area contributed by atoms with Gasteiger partial charge in [0.25, 0.3) is 0 Å². The fourth-order valence-electron chi connectivity index (χ4n) is 11.9. The van der Waals surface area contributed by atoms with E-state index in [-0.39, 0.29) is 10.8 Å². The van der Waals surface area contributed by atoms with E-state index in [1.165, 1.54) is 111 Å². The van der Waals surface area contributed by atoms with E-state index in [0.717, 1.165) is 11.4 Å². The monoisotopic (exact) mass is 870 g/mol. The van der Waals surface area contributed by atoms with Crippen molar-refractivity contribution >= 4 is 66.4 Å². The molecule has 13 rings (SSSR count). The van der Waals surface area contributed by atoms with E-state index >= 15 is 0 Å². The first-order chi connectivity index (χ1) is 33.3. The van der Waals surface area contributed by atoms with Crippen LogP contribution in [0.15, 0.2) is 231 Å². The highest BCUT2D eigenvalue weighted by molar-refractivity contribution is 6.23. The molecule has 2 heteroatoms. The van der Waals surface area contributed by atoms with E-state index in [2.05, 4.69) is 268 Å². The summed E-state index contributed by atoms with van der Waals surface area (Å²) < 4.78 is 0. The molecule has 0 aromatic heterocycles. The predicted molar refractivity (Wildman–Crippen MR) is 289 cm³/mol. The fraction of sp³-hybridized carbons (Fsp3) is 0.0909. The molecule has 0 saturated carbocycles. The molecule has 68 heavy (non-hydrogen) atoms. The van der Waals surface area contributed by atoms with Crippen molar-refractivity contribution in [3.05, 3.63) is 253 Å². The summed E-state index contributed by atoms with van der Waals surface area (Å²) in [6, 6.07) is 85.9. The third-order valence-corrected chi connectivity index (χ3v) is 15.2. The zero-order valence-corrected chi connectivity index (χ0v) is 38.8. The smallest absolute Gasteiger partial charge is 0.0502 e. The van der Waals surface area contributed by atoms with Gasteiger partial charge < -0.3 is 9.80 Å². The van der Waals surface area contributed by atoms with Gasteiger partial charge in [-0.1, -0.05) is 210 Å². The van der Waals surface area contributed by atoms with Gasteiger partial charge in [-0.2, -0.15) is 0 Å². The highest BCUT2D eigenvalue weighted by Crippen LogP contribution is 2.55. The second kappa shape index (κ2) is 15.2. The summed E-state index contributed by atoms with van der Waals surface area (Å²) in [5, 5.41) is 7.38. The molecule has 0 spiro atoms. The molecular formula is C66H50N2. The van der Waals surface area contributed by atoms with Gasteiger partial charge in [0.2, 0.25) is 0 Å². The molecule has 0 unspecified atom stereocenters. The number of hydrogen-bond donors (Lipinski definition) is 0. The summed E-state index contributed by atoms with van der Waals surface area (Å²) in [6.07, 6.45) is 0. The standard InChI is InChI=1S/C66H50N2/c1-65(2)55-25-10-14-29-59(55)67(60-30-15-11-26-56(60)65)47-38-40-52-53(41-47)63(45-20-6-5-7-21-45)51-39-37-48(68-61-31-16-12-27-57(61)66(3,4)58-28-13-17-32-62(58)68)42-54(51)64(52)46-35-33-44(34-36-46)50-24-18-22-43-19-8-9-23-49(43)50/h5-42H,1-4H3. The van der Waals surface area contributed by atoms with E-state index in [0.29, 0.717) is 0 Å². The SMILES string of the molecule is CC1(C)c2ccccc2N(c2ccc3c(-c4ccc(-c5cccc6ccccc56)cc4)c4cc(N5c6ccccc6C(C)(C)c6ccccc65)ccc4c(-c4ccccc4)c3c2)c2ccccc21. The zero-order chi connectivity index (χ0) is 45.7. The predicted octanol–water partition coefficient (Wildman–Crippen LogP) is 18.4. The van der Waals surface area contributed by atoms with Crippen LogP contribution in [-0.4, -0.2) is 0 Å². The van der Waals surface area contributed by atoms with E-state index in [4.69, 9.17) is 0 Å². The summed E-state index contributed by atoms with van der Waals surface area (Å²) in [6.45, 7) is 9.43. The van der Waals surface area contributed by atoms with Crippen LogP contribution in [0.2, 0.25) is 0 Å². The molecule has 324 valence electrons. The highest BCUT2D eigenvalue weighted by Gasteiger charge is 2.38. The van der Waals surface area contributed by atoms with Crippen molar-refractivity contribution in [1.82, 2.24) is 0 Å². The molecule has 0 amide bonds. The van der Waals surface area contributed by atoms with Gasteiger partial charge in [-0.05, 0) is 136 Å². The number of benzene rings is 11. The maximum Gasteiger partial charge on any atom is 0.0502 e. The van der Waals surface area contributed by atoms with Crippen molar-refractivity contribution in [1.29, 1.82) is 0 Å². The Kier molecular flexibility index (Phi) is 8.95. The van der Waals surface area contributed by atoms with Crippen molar-refractivity contribution in [2.75, 3.05) is 9.80 Å². The lowest BCUT2D eigenvalue weighted by molar-refractivity contribution is 0.632.